The maximum Gasteiger partial charge on any atom is 0.246 e. The number of carbonyl (C=O) groups excluding carboxylic acids is 2. The number of aryl methyl sites for hydroxylation is 1. The van der Waals surface area contributed by atoms with Crippen LogP contribution in [0.25, 0.3) is 0 Å². The van der Waals surface area contributed by atoms with Gasteiger partial charge in [0.25, 0.3) is 0 Å². The molecule has 0 aromatic heterocycles. The van der Waals surface area contributed by atoms with Crippen molar-refractivity contribution in [3.05, 3.63) is 83.4 Å². The third kappa shape index (κ3) is 5.65. The Bertz CT molecular complexity index is 925. The van der Waals surface area contributed by atoms with E-state index in [0.29, 0.717) is 13.1 Å². The van der Waals surface area contributed by atoms with Crippen molar-refractivity contribution in [1.82, 2.24) is 10.2 Å². The van der Waals surface area contributed by atoms with Crippen LogP contribution in [-0.2, 0) is 29.1 Å². The van der Waals surface area contributed by atoms with Gasteiger partial charge in [0.05, 0.1) is 6.04 Å². The van der Waals surface area contributed by atoms with Crippen molar-refractivity contribution in [3.63, 3.8) is 0 Å². The highest BCUT2D eigenvalue weighted by atomic mass is 16.2. The smallest absolute Gasteiger partial charge is 0.246 e. The second-order valence-electron chi connectivity index (χ2n) is 9.03. The van der Waals surface area contributed by atoms with Gasteiger partial charge in [-0.2, -0.15) is 0 Å². The molecule has 32 heavy (non-hydrogen) atoms. The molecule has 2 atom stereocenters. The largest absolute Gasteiger partial charge is 0.349 e. The van der Waals surface area contributed by atoms with Gasteiger partial charge in [-0.3, -0.25) is 9.59 Å². The van der Waals surface area contributed by atoms with Gasteiger partial charge in [-0.15, -0.1) is 0 Å². The summed E-state index contributed by atoms with van der Waals surface area (Å²) >= 11 is 0. The molecule has 1 aliphatic heterocycles. The zero-order valence-electron chi connectivity index (χ0n) is 18.6. The van der Waals surface area contributed by atoms with E-state index >= 15 is 0 Å². The van der Waals surface area contributed by atoms with E-state index in [0.717, 1.165) is 38.5 Å². The first kappa shape index (κ1) is 22.3. The van der Waals surface area contributed by atoms with Crippen molar-refractivity contribution in [1.29, 1.82) is 0 Å². The van der Waals surface area contributed by atoms with Crippen molar-refractivity contribution in [2.45, 2.75) is 63.7 Å². The van der Waals surface area contributed by atoms with E-state index in [2.05, 4.69) is 29.6 Å². The highest BCUT2D eigenvalue weighted by Gasteiger charge is 2.28. The number of rotatable bonds is 8. The van der Waals surface area contributed by atoms with Crippen LogP contribution in [0.2, 0.25) is 0 Å². The van der Waals surface area contributed by atoms with E-state index in [9.17, 15) is 9.59 Å². The highest BCUT2D eigenvalue weighted by Crippen LogP contribution is 2.27. The Morgan fingerprint density at radius 1 is 1.00 bits per heavy atom. The van der Waals surface area contributed by atoms with Crippen LogP contribution in [0.3, 0.4) is 0 Å². The SMILES string of the molecule is N[C@H](C(=O)N[C@H](/C=C/C(=O)N1Cc2ccccc2C1)CCc1ccccc1)C1CCCC1. The first-order valence-corrected chi connectivity index (χ1v) is 11.7. The average molecular weight is 432 g/mol. The van der Waals surface area contributed by atoms with Crippen molar-refractivity contribution in [2.24, 2.45) is 11.7 Å². The quantitative estimate of drug-likeness (QED) is 0.626. The number of carbonyl (C=O) groups is 2. The standard InChI is InChI=1S/C27H33N3O2/c28-26(21-10-4-5-11-21)27(32)29-24(15-14-20-8-2-1-3-9-20)16-17-25(31)30-18-22-12-6-7-13-23(22)19-30/h1-3,6-9,12-13,16-17,21,24,26H,4-5,10-11,14-15,18-19,28H2,(H,29,32)/b17-16+/t24-,26-/m0/s1. The first-order valence-electron chi connectivity index (χ1n) is 11.7. The maximum atomic E-state index is 12.8. The molecular weight excluding hydrogens is 398 g/mol. The number of nitrogens with one attached hydrogen (secondary N) is 1. The molecule has 2 aliphatic rings. The Morgan fingerprint density at radius 3 is 2.28 bits per heavy atom. The third-order valence-corrected chi connectivity index (χ3v) is 6.75. The molecule has 1 saturated carbocycles. The van der Waals surface area contributed by atoms with Gasteiger partial charge in [-0.05, 0) is 48.3 Å². The molecule has 1 aliphatic carbocycles. The molecule has 2 aromatic carbocycles. The number of fused-ring (bicyclic) bond motifs is 1. The van der Waals surface area contributed by atoms with E-state index in [1.807, 2.05) is 41.3 Å². The predicted molar refractivity (Wildman–Crippen MR) is 126 cm³/mol. The van der Waals surface area contributed by atoms with Gasteiger partial charge in [0, 0.05) is 25.2 Å². The van der Waals surface area contributed by atoms with Gasteiger partial charge in [-0.1, -0.05) is 73.5 Å². The molecule has 168 valence electrons. The topological polar surface area (TPSA) is 75.4 Å². The lowest BCUT2D eigenvalue weighted by Gasteiger charge is -2.22. The Labute approximate surface area is 190 Å². The minimum atomic E-state index is -0.478. The van der Waals surface area contributed by atoms with Gasteiger partial charge in [0.15, 0.2) is 0 Å². The Kier molecular flexibility index (Phi) is 7.38. The monoisotopic (exact) mass is 431 g/mol. The molecule has 4 rings (SSSR count). The summed E-state index contributed by atoms with van der Waals surface area (Å²) in [6.45, 7) is 1.26. The molecule has 5 heteroatoms. The Morgan fingerprint density at radius 2 is 1.62 bits per heavy atom. The van der Waals surface area contributed by atoms with E-state index in [1.54, 1.807) is 6.08 Å². The summed E-state index contributed by atoms with van der Waals surface area (Å²) in [7, 11) is 0. The van der Waals surface area contributed by atoms with Crippen molar-refractivity contribution < 1.29 is 9.59 Å². The lowest BCUT2D eigenvalue weighted by Crippen LogP contribution is -2.48. The molecule has 3 N–H and O–H groups in total. The van der Waals surface area contributed by atoms with Gasteiger partial charge in [0.2, 0.25) is 11.8 Å². The third-order valence-electron chi connectivity index (χ3n) is 6.75. The maximum absolute atomic E-state index is 12.8. The summed E-state index contributed by atoms with van der Waals surface area (Å²) in [5.41, 5.74) is 9.88. The summed E-state index contributed by atoms with van der Waals surface area (Å²) < 4.78 is 0. The lowest BCUT2D eigenvalue weighted by molar-refractivity contribution is -0.127. The van der Waals surface area contributed by atoms with Gasteiger partial charge in [0.1, 0.15) is 0 Å². The molecule has 0 spiro atoms. The predicted octanol–water partition coefficient (Wildman–Crippen LogP) is 3.72. The summed E-state index contributed by atoms with van der Waals surface area (Å²) in [6, 6.07) is 17.6. The zero-order valence-corrected chi connectivity index (χ0v) is 18.6. The molecule has 0 saturated heterocycles. The van der Waals surface area contributed by atoms with E-state index in [-0.39, 0.29) is 23.8 Å². The van der Waals surface area contributed by atoms with Crippen LogP contribution in [0.15, 0.2) is 66.7 Å². The summed E-state index contributed by atoms with van der Waals surface area (Å²) in [5.74, 6) is 0.124. The molecule has 1 fully saturated rings. The molecule has 0 radical (unpaired) electrons. The van der Waals surface area contributed by atoms with Crippen LogP contribution in [0.1, 0.15) is 48.8 Å². The number of hydrogen-bond donors (Lipinski definition) is 2. The van der Waals surface area contributed by atoms with Crippen LogP contribution in [0, 0.1) is 5.92 Å². The lowest BCUT2D eigenvalue weighted by atomic mass is 9.97. The number of amides is 2. The molecule has 5 nitrogen and oxygen atoms in total. The van der Waals surface area contributed by atoms with Crippen LogP contribution in [0.4, 0.5) is 0 Å². The first-order chi connectivity index (χ1) is 15.6. The molecule has 2 aromatic rings. The number of hydrogen-bond acceptors (Lipinski definition) is 3. The second-order valence-corrected chi connectivity index (χ2v) is 9.03. The molecule has 2 amide bonds. The van der Waals surface area contributed by atoms with Gasteiger partial charge < -0.3 is 16.0 Å². The van der Waals surface area contributed by atoms with Gasteiger partial charge >= 0.3 is 0 Å². The number of nitrogens with two attached hydrogens (primary N) is 1. The van der Waals surface area contributed by atoms with Crippen molar-refractivity contribution in [3.8, 4) is 0 Å². The van der Waals surface area contributed by atoms with E-state index in [1.165, 1.54) is 16.7 Å². The fourth-order valence-electron chi connectivity index (χ4n) is 4.79. The summed E-state index contributed by atoms with van der Waals surface area (Å²) in [5, 5.41) is 3.11. The van der Waals surface area contributed by atoms with Gasteiger partial charge in [-0.25, -0.2) is 0 Å². The van der Waals surface area contributed by atoms with E-state index < -0.39 is 6.04 Å². The van der Waals surface area contributed by atoms with Crippen LogP contribution in [0.5, 0.6) is 0 Å². The molecule has 1 heterocycles. The minimum Gasteiger partial charge on any atom is -0.349 e. The molecule has 0 bridgehead atoms. The van der Waals surface area contributed by atoms with Crippen LogP contribution in [-0.4, -0.2) is 28.8 Å². The fraction of sp³-hybridized carbons (Fsp3) is 0.407. The normalized spacial score (nSPS) is 18.0. The van der Waals surface area contributed by atoms with Crippen LogP contribution >= 0.6 is 0 Å². The van der Waals surface area contributed by atoms with Crippen molar-refractivity contribution >= 4 is 11.8 Å². The summed E-state index contributed by atoms with van der Waals surface area (Å²) in [4.78, 5) is 27.5. The van der Waals surface area contributed by atoms with E-state index in [4.69, 9.17) is 5.73 Å². The average Bonchev–Trinajstić information content (AvgIpc) is 3.51. The fourth-order valence-corrected chi connectivity index (χ4v) is 4.79. The Balaban J connectivity index is 1.39. The minimum absolute atomic E-state index is 0.0275. The number of benzene rings is 2. The molecule has 0 unspecified atom stereocenters. The summed E-state index contributed by atoms with van der Waals surface area (Å²) in [6.07, 6.45) is 9.33. The zero-order chi connectivity index (χ0) is 22.3. The Hall–Kier alpha value is -2.92. The molecular formula is C27H33N3O2. The van der Waals surface area contributed by atoms with Crippen molar-refractivity contribution in [2.75, 3.05) is 0 Å². The second kappa shape index (κ2) is 10.6. The highest BCUT2D eigenvalue weighted by molar-refractivity contribution is 5.88. The number of nitrogens with zero attached hydrogens (tertiary/aromatic N) is 1. The van der Waals surface area contributed by atoms with Crippen LogP contribution < -0.4 is 11.1 Å².